The molecule has 10 nitrogen and oxygen atoms in total. The van der Waals surface area contributed by atoms with Crippen molar-refractivity contribution in [3.63, 3.8) is 0 Å². The van der Waals surface area contributed by atoms with Gasteiger partial charge in [0.2, 0.25) is 10.0 Å². The lowest BCUT2D eigenvalue weighted by atomic mass is 10.2. The molecule has 0 aliphatic carbocycles. The minimum absolute atomic E-state index is 0.00690. The lowest BCUT2D eigenvalue weighted by Gasteiger charge is -2.26. The van der Waals surface area contributed by atoms with E-state index in [0.29, 0.717) is 35.7 Å². The molecule has 1 aliphatic rings. The van der Waals surface area contributed by atoms with Crippen molar-refractivity contribution >= 4 is 27.6 Å². The van der Waals surface area contributed by atoms with E-state index < -0.39 is 28.5 Å². The number of anilines is 1. The highest BCUT2D eigenvalue weighted by molar-refractivity contribution is 7.89. The van der Waals surface area contributed by atoms with Gasteiger partial charge in [-0.05, 0) is 56.5 Å². The number of hydrogen-bond acceptors (Lipinski definition) is 7. The first-order chi connectivity index (χ1) is 16.8. The Balaban J connectivity index is 1.40. The van der Waals surface area contributed by atoms with Crippen LogP contribution < -0.4 is 5.32 Å². The maximum absolute atomic E-state index is 13.0. The summed E-state index contributed by atoms with van der Waals surface area (Å²) in [6.45, 7) is 3.80. The fraction of sp³-hybridized carbons (Fsp3) is 0.333. The number of esters is 1. The second-order valence-electron chi connectivity index (χ2n) is 8.32. The van der Waals surface area contributed by atoms with Crippen molar-refractivity contribution in [1.82, 2.24) is 19.3 Å². The summed E-state index contributed by atoms with van der Waals surface area (Å²) >= 11 is 0. The van der Waals surface area contributed by atoms with Crippen molar-refractivity contribution in [1.29, 1.82) is 0 Å². The Kier molecular flexibility index (Phi) is 7.27. The Labute approximate surface area is 203 Å². The molecule has 1 aromatic heterocycles. The van der Waals surface area contributed by atoms with Crippen molar-refractivity contribution in [2.45, 2.75) is 38.0 Å². The molecule has 0 spiro atoms. The lowest BCUT2D eigenvalue weighted by Crippen LogP contribution is -2.35. The van der Waals surface area contributed by atoms with Crippen LogP contribution in [0.1, 0.15) is 41.0 Å². The van der Waals surface area contributed by atoms with Crippen LogP contribution in [-0.2, 0) is 19.6 Å². The van der Waals surface area contributed by atoms with E-state index in [2.05, 4.69) is 15.5 Å². The quantitative estimate of drug-likeness (QED) is 0.498. The van der Waals surface area contributed by atoms with E-state index in [9.17, 15) is 18.0 Å². The van der Waals surface area contributed by atoms with Crippen LogP contribution in [-0.4, -0.2) is 59.3 Å². The van der Waals surface area contributed by atoms with Crippen LogP contribution in [0.3, 0.4) is 0 Å². The summed E-state index contributed by atoms with van der Waals surface area (Å²) in [7, 11) is -3.65. The third-order valence-electron chi connectivity index (χ3n) is 5.73. The Hall–Kier alpha value is -3.57. The molecular weight excluding hydrogens is 470 g/mol. The Bertz CT molecular complexity index is 1330. The highest BCUT2D eigenvalue weighted by Crippen LogP contribution is 2.25. The second kappa shape index (κ2) is 10.4. The predicted octanol–water partition coefficient (Wildman–Crippen LogP) is 2.85. The number of amides is 1. The molecule has 0 radical (unpaired) electrons. The minimum atomic E-state index is -3.65. The molecule has 11 heteroatoms. The molecule has 0 unspecified atom stereocenters. The van der Waals surface area contributed by atoms with Crippen molar-refractivity contribution in [2.24, 2.45) is 0 Å². The number of hydrogen-bond donors (Lipinski definition) is 1. The molecule has 1 aliphatic heterocycles. The number of benzene rings is 2. The summed E-state index contributed by atoms with van der Waals surface area (Å²) < 4.78 is 32.6. The van der Waals surface area contributed by atoms with E-state index in [1.807, 2.05) is 18.2 Å². The zero-order chi connectivity index (χ0) is 25.0. The van der Waals surface area contributed by atoms with Crippen LogP contribution in [0.5, 0.6) is 0 Å². The molecule has 4 rings (SSSR count). The highest BCUT2D eigenvalue weighted by Gasteiger charge is 2.26. The fourth-order valence-electron chi connectivity index (χ4n) is 3.78. The van der Waals surface area contributed by atoms with E-state index in [-0.39, 0.29) is 10.6 Å². The summed E-state index contributed by atoms with van der Waals surface area (Å²) in [5, 5.41) is 11.0. The Morgan fingerprint density at radius 2 is 1.71 bits per heavy atom. The number of nitrogens with one attached hydrogen (secondary N) is 1. The highest BCUT2D eigenvalue weighted by atomic mass is 32.2. The van der Waals surface area contributed by atoms with Crippen molar-refractivity contribution in [3.8, 4) is 5.69 Å². The maximum atomic E-state index is 13.0. The van der Waals surface area contributed by atoms with Crippen molar-refractivity contribution in [2.75, 3.05) is 25.0 Å². The average molecular weight is 498 g/mol. The number of piperidine rings is 1. The Morgan fingerprint density at radius 1 is 1.00 bits per heavy atom. The molecule has 1 amide bonds. The monoisotopic (exact) mass is 497 g/mol. The van der Waals surface area contributed by atoms with E-state index in [0.717, 1.165) is 19.3 Å². The molecule has 35 heavy (non-hydrogen) atoms. The van der Waals surface area contributed by atoms with Gasteiger partial charge in [-0.15, -0.1) is 5.10 Å². The average Bonchev–Trinajstić information content (AvgIpc) is 3.26. The molecule has 184 valence electrons. The van der Waals surface area contributed by atoms with Gasteiger partial charge in [-0.2, -0.15) is 14.2 Å². The number of sulfonamides is 1. The molecular formula is C24H27N5O5S. The minimum Gasteiger partial charge on any atom is -0.451 e. The van der Waals surface area contributed by atoms with Crippen molar-refractivity contribution < 1.29 is 22.7 Å². The molecule has 0 atom stereocenters. The van der Waals surface area contributed by atoms with Gasteiger partial charge in [0.1, 0.15) is 0 Å². The summed E-state index contributed by atoms with van der Waals surface area (Å²) in [6.07, 6.45) is 2.68. The smallest absolute Gasteiger partial charge is 0.361 e. The fourth-order valence-corrected chi connectivity index (χ4v) is 5.32. The van der Waals surface area contributed by atoms with Gasteiger partial charge in [0.25, 0.3) is 5.91 Å². The standard InChI is InChI=1S/C24H27N5O5S/c1-17-11-12-20(35(32,33)28-13-7-4-8-14-28)15-21(17)25-22(30)16-34-24(31)23-18(2)26-29(27-23)19-9-5-3-6-10-19/h3,5-6,9-12,15H,4,7-8,13-14,16H2,1-2H3,(H,25,30). The van der Waals surface area contributed by atoms with E-state index >= 15 is 0 Å². The third kappa shape index (κ3) is 5.57. The lowest BCUT2D eigenvalue weighted by molar-refractivity contribution is -0.119. The van der Waals surface area contributed by atoms with E-state index in [1.165, 1.54) is 21.2 Å². The zero-order valence-electron chi connectivity index (χ0n) is 19.6. The third-order valence-corrected chi connectivity index (χ3v) is 7.63. The van der Waals surface area contributed by atoms with E-state index in [1.54, 1.807) is 32.0 Å². The number of carbonyl (C=O) groups excluding carboxylic acids is 2. The molecule has 2 aromatic carbocycles. The molecule has 1 fully saturated rings. The predicted molar refractivity (Wildman–Crippen MR) is 129 cm³/mol. The first-order valence-corrected chi connectivity index (χ1v) is 12.8. The van der Waals surface area contributed by atoms with Gasteiger partial charge in [-0.3, -0.25) is 4.79 Å². The van der Waals surface area contributed by atoms with Crippen LogP contribution in [0.15, 0.2) is 53.4 Å². The van der Waals surface area contributed by atoms with Gasteiger partial charge in [-0.25, -0.2) is 13.2 Å². The number of nitrogens with zero attached hydrogens (tertiary/aromatic N) is 4. The number of aryl methyl sites for hydroxylation is 2. The maximum Gasteiger partial charge on any atom is 0.361 e. The molecule has 1 saturated heterocycles. The molecule has 2 heterocycles. The number of ether oxygens (including phenoxy) is 1. The van der Waals surface area contributed by atoms with Gasteiger partial charge >= 0.3 is 5.97 Å². The van der Waals surface area contributed by atoms with E-state index in [4.69, 9.17) is 4.74 Å². The van der Waals surface area contributed by atoms with Gasteiger partial charge < -0.3 is 10.1 Å². The summed E-state index contributed by atoms with van der Waals surface area (Å²) in [4.78, 5) is 26.4. The molecule has 0 bridgehead atoms. The Morgan fingerprint density at radius 3 is 2.43 bits per heavy atom. The van der Waals surface area contributed by atoms with Gasteiger partial charge in [0.05, 0.1) is 16.3 Å². The molecule has 0 saturated carbocycles. The van der Waals surface area contributed by atoms with Gasteiger partial charge in [0, 0.05) is 18.8 Å². The van der Waals surface area contributed by atoms with Crippen LogP contribution in [0.25, 0.3) is 5.69 Å². The number of rotatable bonds is 7. The van der Waals surface area contributed by atoms with Crippen LogP contribution in [0, 0.1) is 13.8 Å². The molecule has 1 N–H and O–H groups in total. The summed E-state index contributed by atoms with van der Waals surface area (Å²) in [5.74, 6) is -1.37. The van der Waals surface area contributed by atoms with Crippen LogP contribution in [0.2, 0.25) is 0 Å². The SMILES string of the molecule is Cc1ccc(S(=O)(=O)N2CCCCC2)cc1NC(=O)COC(=O)c1nn(-c2ccccc2)nc1C. The number of aromatic nitrogens is 3. The van der Waals surface area contributed by atoms with Crippen LogP contribution >= 0.6 is 0 Å². The first-order valence-electron chi connectivity index (χ1n) is 11.3. The van der Waals surface area contributed by atoms with Crippen molar-refractivity contribution in [3.05, 3.63) is 65.5 Å². The molecule has 3 aromatic rings. The topological polar surface area (TPSA) is 123 Å². The second-order valence-corrected chi connectivity index (χ2v) is 10.3. The largest absolute Gasteiger partial charge is 0.451 e. The van der Waals surface area contributed by atoms with Crippen LogP contribution in [0.4, 0.5) is 5.69 Å². The van der Waals surface area contributed by atoms with Gasteiger partial charge in [-0.1, -0.05) is 30.7 Å². The number of carbonyl (C=O) groups is 2. The summed E-state index contributed by atoms with van der Waals surface area (Å²) in [5.41, 5.74) is 2.08. The van der Waals surface area contributed by atoms with Gasteiger partial charge in [0.15, 0.2) is 12.3 Å². The normalized spacial score (nSPS) is 14.5. The summed E-state index contributed by atoms with van der Waals surface area (Å²) in [6, 6.07) is 13.7. The number of para-hydroxylation sites is 1. The zero-order valence-corrected chi connectivity index (χ0v) is 20.4. The first kappa shape index (κ1) is 24.6.